The van der Waals surface area contributed by atoms with Crippen LogP contribution in [-0.4, -0.2) is 41.6 Å². The van der Waals surface area contributed by atoms with Crippen LogP contribution in [0.4, 0.5) is 0 Å². The van der Waals surface area contributed by atoms with E-state index in [0.717, 1.165) is 6.61 Å². The average molecular weight is 436 g/mol. The maximum atomic E-state index is 8.88. The van der Waals surface area contributed by atoms with Gasteiger partial charge in [-0.2, -0.15) is 0 Å². The highest BCUT2D eigenvalue weighted by atomic mass is 31.2. The van der Waals surface area contributed by atoms with Crippen LogP contribution in [0.2, 0.25) is 0 Å². The summed E-state index contributed by atoms with van der Waals surface area (Å²) in [4.78, 5) is 43.1. The topological polar surface area (TPSA) is 168 Å². The maximum Gasteiger partial charge on any atom is 0.466 e. The van der Waals surface area contributed by atoms with Gasteiger partial charge in [0, 0.05) is 0 Å². The SMILES string of the molecule is CCCCCCCCCCCCC1(CC)CO1.O=P(O)(O)O.O=P(O)(O)O. The lowest BCUT2D eigenvalue weighted by Crippen LogP contribution is -2.08. The molecule has 1 saturated heterocycles. The molecule has 1 heterocycles. The molecule has 0 aromatic heterocycles. The van der Waals surface area contributed by atoms with Crippen LogP contribution in [0, 0.1) is 0 Å². The van der Waals surface area contributed by atoms with Crippen LogP contribution in [0.15, 0.2) is 0 Å². The molecule has 1 aliphatic rings. The Morgan fingerprint density at radius 2 is 1.00 bits per heavy atom. The second-order valence-corrected chi connectivity index (χ2v) is 8.84. The summed E-state index contributed by atoms with van der Waals surface area (Å²) >= 11 is 0. The Hall–Kier alpha value is 0.180. The van der Waals surface area contributed by atoms with Crippen molar-refractivity contribution in [3.8, 4) is 0 Å². The molecule has 0 aromatic rings. The number of ether oxygens (including phenoxy) is 1. The van der Waals surface area contributed by atoms with Gasteiger partial charge in [0.2, 0.25) is 0 Å². The Labute approximate surface area is 162 Å². The predicted octanol–water partition coefficient (Wildman–Crippen LogP) is 3.62. The largest absolute Gasteiger partial charge is 0.466 e. The van der Waals surface area contributed by atoms with Crippen molar-refractivity contribution in [2.24, 2.45) is 0 Å². The summed E-state index contributed by atoms with van der Waals surface area (Å²) < 4.78 is 23.3. The van der Waals surface area contributed by atoms with Crippen LogP contribution in [0.5, 0.6) is 0 Å². The molecule has 1 unspecified atom stereocenters. The molecule has 1 rings (SSSR count). The summed E-state index contributed by atoms with van der Waals surface area (Å²) in [5.41, 5.74) is 0.333. The quantitative estimate of drug-likeness (QED) is 0.152. The lowest BCUT2D eigenvalue weighted by Gasteiger charge is -2.08. The molecule has 9 nitrogen and oxygen atoms in total. The van der Waals surface area contributed by atoms with E-state index in [1.165, 1.54) is 77.0 Å². The Balaban J connectivity index is 0. The van der Waals surface area contributed by atoms with Crippen molar-refractivity contribution < 1.29 is 43.2 Å². The van der Waals surface area contributed by atoms with Gasteiger partial charge in [0.05, 0.1) is 12.2 Å². The third-order valence-electron chi connectivity index (χ3n) is 4.18. The Morgan fingerprint density at radius 1 is 0.704 bits per heavy atom. The molecular weight excluding hydrogens is 398 g/mol. The summed E-state index contributed by atoms with van der Waals surface area (Å²) in [7, 11) is -9.28. The van der Waals surface area contributed by atoms with Crippen LogP contribution in [0.3, 0.4) is 0 Å². The highest BCUT2D eigenvalue weighted by Gasteiger charge is 2.41. The summed E-state index contributed by atoms with van der Waals surface area (Å²) in [6.07, 6.45) is 16.8. The lowest BCUT2D eigenvalue weighted by molar-refractivity contribution is 0.272. The van der Waals surface area contributed by atoms with Crippen molar-refractivity contribution in [3.63, 3.8) is 0 Å². The van der Waals surface area contributed by atoms with Gasteiger partial charge >= 0.3 is 15.6 Å². The first-order valence-electron chi connectivity index (χ1n) is 9.53. The van der Waals surface area contributed by atoms with E-state index < -0.39 is 15.6 Å². The fraction of sp³-hybridized carbons (Fsp3) is 1.00. The first kappa shape index (κ1) is 29.4. The van der Waals surface area contributed by atoms with Crippen LogP contribution < -0.4 is 0 Å². The van der Waals surface area contributed by atoms with Gasteiger partial charge in [-0.1, -0.05) is 78.1 Å². The van der Waals surface area contributed by atoms with Gasteiger partial charge < -0.3 is 34.1 Å². The molecule has 11 heteroatoms. The first-order chi connectivity index (χ1) is 12.3. The monoisotopic (exact) mass is 436 g/mol. The second-order valence-electron chi connectivity index (χ2n) is 6.78. The molecule has 0 aliphatic carbocycles. The van der Waals surface area contributed by atoms with Gasteiger partial charge in [-0.05, 0) is 12.8 Å². The minimum absolute atomic E-state index is 0.333. The molecule has 166 valence electrons. The zero-order valence-electron chi connectivity index (χ0n) is 16.5. The number of hydrogen-bond acceptors (Lipinski definition) is 3. The molecule has 0 bridgehead atoms. The Kier molecular flexibility index (Phi) is 17.4. The van der Waals surface area contributed by atoms with Gasteiger partial charge in [0.25, 0.3) is 0 Å². The summed E-state index contributed by atoms with van der Waals surface area (Å²) in [6.45, 7) is 5.57. The second kappa shape index (κ2) is 16.0. The van der Waals surface area contributed by atoms with Crippen LogP contribution in [-0.2, 0) is 13.9 Å². The minimum Gasteiger partial charge on any atom is -0.370 e. The zero-order chi connectivity index (χ0) is 21.4. The molecule has 27 heavy (non-hydrogen) atoms. The molecule has 0 amide bonds. The van der Waals surface area contributed by atoms with E-state index in [4.69, 9.17) is 43.2 Å². The Morgan fingerprint density at radius 3 is 1.26 bits per heavy atom. The number of unbranched alkanes of at least 4 members (excludes halogenated alkanes) is 9. The number of hydrogen-bond donors (Lipinski definition) is 6. The van der Waals surface area contributed by atoms with Gasteiger partial charge in [0.1, 0.15) is 0 Å². The molecule has 1 fully saturated rings. The molecule has 6 N–H and O–H groups in total. The van der Waals surface area contributed by atoms with Crippen molar-refractivity contribution in [1.82, 2.24) is 0 Å². The molecule has 0 aromatic carbocycles. The van der Waals surface area contributed by atoms with E-state index >= 15 is 0 Å². The number of phosphoric acid groups is 2. The molecule has 1 atom stereocenters. The zero-order valence-corrected chi connectivity index (χ0v) is 18.3. The van der Waals surface area contributed by atoms with Crippen molar-refractivity contribution >= 4 is 15.6 Å². The van der Waals surface area contributed by atoms with Crippen LogP contribution >= 0.6 is 15.6 Å². The number of rotatable bonds is 12. The molecule has 0 saturated carbocycles. The van der Waals surface area contributed by atoms with Crippen molar-refractivity contribution in [2.75, 3.05) is 6.61 Å². The Bertz CT molecular complexity index is 393. The molecule has 0 spiro atoms. The maximum absolute atomic E-state index is 8.88. The minimum atomic E-state index is -4.64. The third kappa shape index (κ3) is 34.1. The van der Waals surface area contributed by atoms with Gasteiger partial charge in [-0.3, -0.25) is 0 Å². The molecular formula is C16H38O9P2. The smallest absolute Gasteiger partial charge is 0.370 e. The van der Waals surface area contributed by atoms with E-state index in [2.05, 4.69) is 13.8 Å². The normalized spacial score (nSPS) is 18.8. The van der Waals surface area contributed by atoms with E-state index in [9.17, 15) is 0 Å². The fourth-order valence-electron chi connectivity index (χ4n) is 2.56. The highest BCUT2D eigenvalue weighted by molar-refractivity contribution is 7.45. The van der Waals surface area contributed by atoms with Crippen molar-refractivity contribution in [2.45, 2.75) is 96.5 Å². The van der Waals surface area contributed by atoms with E-state index in [0.29, 0.717) is 5.60 Å². The average Bonchev–Trinajstić information content (AvgIpc) is 3.26. The fourth-order valence-corrected chi connectivity index (χ4v) is 2.56. The summed E-state index contributed by atoms with van der Waals surface area (Å²) in [5.74, 6) is 0. The molecule has 1 aliphatic heterocycles. The van der Waals surface area contributed by atoms with Crippen LogP contribution in [0.25, 0.3) is 0 Å². The number of epoxide rings is 1. The third-order valence-corrected chi connectivity index (χ3v) is 4.18. The summed E-state index contributed by atoms with van der Waals surface area (Å²) in [6, 6.07) is 0. The van der Waals surface area contributed by atoms with Gasteiger partial charge in [0.15, 0.2) is 0 Å². The van der Waals surface area contributed by atoms with E-state index in [-0.39, 0.29) is 0 Å². The predicted molar refractivity (Wildman–Crippen MR) is 104 cm³/mol. The van der Waals surface area contributed by atoms with E-state index in [1.54, 1.807) is 0 Å². The molecule has 0 radical (unpaired) electrons. The van der Waals surface area contributed by atoms with Crippen molar-refractivity contribution in [3.05, 3.63) is 0 Å². The van der Waals surface area contributed by atoms with Gasteiger partial charge in [-0.25, -0.2) is 9.13 Å². The highest BCUT2D eigenvalue weighted by Crippen LogP contribution is 2.36. The van der Waals surface area contributed by atoms with E-state index in [1.807, 2.05) is 0 Å². The summed E-state index contributed by atoms with van der Waals surface area (Å²) in [5, 5.41) is 0. The van der Waals surface area contributed by atoms with Gasteiger partial charge in [-0.15, -0.1) is 0 Å². The lowest BCUT2D eigenvalue weighted by atomic mass is 9.98. The first-order valence-corrected chi connectivity index (χ1v) is 12.7. The van der Waals surface area contributed by atoms with Crippen molar-refractivity contribution in [1.29, 1.82) is 0 Å². The standard InChI is InChI=1S/C16H32O.2H3O4P/c1-3-5-6-7-8-9-10-11-12-13-14-16(4-2)15-17-16;2*1-5(2,3)4/h3-15H2,1-2H3;2*(H3,1,2,3,4). The van der Waals surface area contributed by atoms with Crippen LogP contribution in [0.1, 0.15) is 90.9 Å².